The van der Waals surface area contributed by atoms with Crippen molar-refractivity contribution in [3.63, 3.8) is 0 Å². The second-order valence-electron chi connectivity index (χ2n) is 15.2. The van der Waals surface area contributed by atoms with E-state index in [0.717, 1.165) is 16.7 Å². The molecule has 4 heterocycles. The summed E-state index contributed by atoms with van der Waals surface area (Å²) in [6.07, 6.45) is 2.74. The molecule has 6 aromatic rings. The molecule has 2 amide bonds. The monoisotopic (exact) mass is 888 g/mol. The van der Waals surface area contributed by atoms with Gasteiger partial charge in [0.2, 0.25) is 0 Å². The van der Waals surface area contributed by atoms with Gasteiger partial charge in [-0.1, -0.05) is 54.1 Å². The van der Waals surface area contributed by atoms with Gasteiger partial charge in [-0.15, -0.1) is 0 Å². The van der Waals surface area contributed by atoms with Crippen molar-refractivity contribution in [3.05, 3.63) is 132 Å². The average Bonchev–Trinajstić information content (AvgIpc) is 3.23. The number of nitrogens with zero attached hydrogens (tertiary/aromatic N) is 4. The van der Waals surface area contributed by atoms with Gasteiger partial charge in [0.15, 0.2) is 42.7 Å². The number of nitrogens with two attached hydrogens (primary N) is 2. The van der Waals surface area contributed by atoms with Crippen LogP contribution in [0.2, 0.25) is 0 Å². The number of cyclic esters (lactones) is 1. The predicted octanol–water partition coefficient (Wildman–Crippen LogP) is 4.84. The quantitative estimate of drug-likeness (QED) is 0.107. The van der Waals surface area contributed by atoms with Gasteiger partial charge in [0.05, 0.1) is 63.7 Å². The number of anilines is 4. The maximum atomic E-state index is 13.3. The van der Waals surface area contributed by atoms with Crippen LogP contribution in [0.15, 0.2) is 119 Å². The number of amides is 2. The van der Waals surface area contributed by atoms with Gasteiger partial charge in [0.1, 0.15) is 6.10 Å². The number of sulfone groups is 2. The molecule has 0 radical (unpaired) electrons. The van der Waals surface area contributed by atoms with E-state index in [0.29, 0.717) is 41.2 Å². The number of aromatic nitrogens is 4. The molecule has 0 saturated carbocycles. The van der Waals surface area contributed by atoms with Crippen LogP contribution in [0, 0.1) is 6.92 Å². The van der Waals surface area contributed by atoms with Crippen molar-refractivity contribution in [1.82, 2.24) is 19.9 Å². The van der Waals surface area contributed by atoms with Crippen LogP contribution in [0.25, 0.3) is 22.5 Å². The molecule has 2 fully saturated rings. The van der Waals surface area contributed by atoms with Crippen LogP contribution in [0.1, 0.15) is 44.9 Å². The number of esters is 1. The van der Waals surface area contributed by atoms with Crippen LogP contribution in [0.3, 0.4) is 0 Å². The SMILES string of the molecule is Cc1ccc(-c2cnc(N)c(C(=O)Nc3ccc(S(=O)(=O)CC4CC(Cc5ccc(-c6cnc(N)c(C(=O)Nc7ccc(S(=O)(=O)CC8CC(=O)O8)cc7)n6)cc5)O4)cc3)n2)cc1. The Bertz CT molecular complexity index is 2940. The number of aryl methyl sites for hydroxylation is 1. The molecule has 4 aromatic carbocycles. The maximum absolute atomic E-state index is 13.3. The van der Waals surface area contributed by atoms with Crippen LogP contribution in [-0.2, 0) is 40.4 Å². The number of nitrogens with one attached hydrogen (secondary N) is 2. The predicted molar refractivity (Wildman–Crippen MR) is 233 cm³/mol. The summed E-state index contributed by atoms with van der Waals surface area (Å²) in [6.45, 7) is 1.96. The Morgan fingerprint density at radius 2 is 1.08 bits per heavy atom. The molecule has 2 aliphatic rings. The molecule has 63 heavy (non-hydrogen) atoms. The molecule has 0 aliphatic carbocycles. The van der Waals surface area contributed by atoms with Gasteiger partial charge in [-0.3, -0.25) is 14.4 Å². The molecule has 3 atom stereocenters. The number of hydrogen-bond donors (Lipinski definition) is 4. The zero-order chi connectivity index (χ0) is 44.5. The van der Waals surface area contributed by atoms with E-state index in [1.807, 2.05) is 55.5 Å². The van der Waals surface area contributed by atoms with Crippen LogP contribution in [0.5, 0.6) is 0 Å². The van der Waals surface area contributed by atoms with E-state index in [1.54, 1.807) is 0 Å². The summed E-state index contributed by atoms with van der Waals surface area (Å²) in [6, 6.07) is 26.4. The molecule has 2 aliphatic heterocycles. The highest BCUT2D eigenvalue weighted by Crippen LogP contribution is 2.29. The lowest BCUT2D eigenvalue weighted by Gasteiger charge is -2.36. The van der Waals surface area contributed by atoms with Gasteiger partial charge in [-0.2, -0.15) is 0 Å². The molecule has 2 aromatic heterocycles. The Labute approximate surface area is 362 Å². The molecule has 17 nitrogen and oxygen atoms in total. The fourth-order valence-corrected chi connectivity index (χ4v) is 9.88. The number of rotatable bonds is 14. The minimum absolute atomic E-state index is 0.0224. The van der Waals surface area contributed by atoms with Crippen molar-refractivity contribution >= 4 is 60.5 Å². The van der Waals surface area contributed by atoms with Crippen LogP contribution in [0.4, 0.5) is 23.0 Å². The first kappa shape index (κ1) is 42.6. The summed E-state index contributed by atoms with van der Waals surface area (Å²) in [5.41, 5.74) is 16.8. The third-order valence-electron chi connectivity index (χ3n) is 10.4. The zero-order valence-electron chi connectivity index (χ0n) is 33.6. The van der Waals surface area contributed by atoms with Gasteiger partial charge >= 0.3 is 5.97 Å². The van der Waals surface area contributed by atoms with E-state index in [-0.39, 0.29) is 56.8 Å². The van der Waals surface area contributed by atoms with E-state index in [2.05, 4.69) is 30.6 Å². The molecule has 6 N–H and O–H groups in total. The molecular formula is C44H40N8O9S2. The summed E-state index contributed by atoms with van der Waals surface area (Å²) >= 11 is 0. The first-order valence-electron chi connectivity index (χ1n) is 19.6. The molecule has 0 bridgehead atoms. The minimum Gasteiger partial charge on any atom is -0.461 e. The smallest absolute Gasteiger partial charge is 0.309 e. The number of carbonyl (C=O) groups excluding carboxylic acids is 3. The zero-order valence-corrected chi connectivity index (χ0v) is 35.2. The Balaban J connectivity index is 0.814. The Morgan fingerprint density at radius 3 is 1.52 bits per heavy atom. The number of carbonyl (C=O) groups is 3. The van der Waals surface area contributed by atoms with Crippen molar-refractivity contribution in [2.24, 2.45) is 0 Å². The fraction of sp³-hybridized carbons (Fsp3) is 0.205. The largest absolute Gasteiger partial charge is 0.461 e. The lowest BCUT2D eigenvalue weighted by atomic mass is 9.97. The normalized spacial score (nSPS) is 17.2. The summed E-state index contributed by atoms with van der Waals surface area (Å²) in [5.74, 6) is -2.33. The van der Waals surface area contributed by atoms with Gasteiger partial charge in [0, 0.05) is 28.9 Å². The topological polar surface area (TPSA) is 266 Å². The van der Waals surface area contributed by atoms with Crippen molar-refractivity contribution in [1.29, 1.82) is 0 Å². The van der Waals surface area contributed by atoms with Crippen LogP contribution >= 0.6 is 0 Å². The van der Waals surface area contributed by atoms with E-state index < -0.39 is 49.7 Å². The number of ether oxygens (including phenoxy) is 2. The van der Waals surface area contributed by atoms with E-state index in [1.165, 1.54) is 60.9 Å². The number of hydrogen-bond acceptors (Lipinski definition) is 15. The van der Waals surface area contributed by atoms with Crippen LogP contribution < -0.4 is 22.1 Å². The van der Waals surface area contributed by atoms with Gasteiger partial charge in [0.25, 0.3) is 11.8 Å². The van der Waals surface area contributed by atoms with Gasteiger partial charge < -0.3 is 31.6 Å². The van der Waals surface area contributed by atoms with E-state index in [4.69, 9.17) is 20.9 Å². The minimum atomic E-state index is -3.70. The van der Waals surface area contributed by atoms with Gasteiger partial charge in [-0.25, -0.2) is 36.8 Å². The Kier molecular flexibility index (Phi) is 11.7. The Morgan fingerprint density at radius 1 is 0.651 bits per heavy atom. The second-order valence-corrected chi connectivity index (χ2v) is 19.3. The van der Waals surface area contributed by atoms with Crippen LogP contribution in [-0.4, -0.2) is 84.4 Å². The highest BCUT2D eigenvalue weighted by molar-refractivity contribution is 7.91. The summed E-state index contributed by atoms with van der Waals surface area (Å²) in [7, 11) is -7.41. The van der Waals surface area contributed by atoms with Crippen molar-refractivity contribution in [3.8, 4) is 22.5 Å². The molecule has 2 saturated heterocycles. The number of benzene rings is 4. The molecule has 3 unspecified atom stereocenters. The Hall–Kier alpha value is -7.09. The van der Waals surface area contributed by atoms with Crippen molar-refractivity contribution in [2.75, 3.05) is 33.6 Å². The lowest BCUT2D eigenvalue weighted by Crippen LogP contribution is -2.43. The number of nitrogen functional groups attached to an aromatic ring is 2. The highest BCUT2D eigenvalue weighted by atomic mass is 32.2. The van der Waals surface area contributed by atoms with Crippen molar-refractivity contribution in [2.45, 2.75) is 54.3 Å². The summed E-state index contributed by atoms with van der Waals surface area (Å²) < 4.78 is 62.6. The maximum Gasteiger partial charge on any atom is 0.309 e. The molecule has 19 heteroatoms. The third-order valence-corrected chi connectivity index (χ3v) is 14.1. The fourth-order valence-electron chi connectivity index (χ4n) is 7.01. The third kappa shape index (κ3) is 9.85. The molecule has 8 rings (SSSR count). The van der Waals surface area contributed by atoms with Crippen molar-refractivity contribution < 1.29 is 40.7 Å². The molecule has 322 valence electrons. The first-order valence-corrected chi connectivity index (χ1v) is 22.9. The molecular weight excluding hydrogens is 849 g/mol. The summed E-state index contributed by atoms with van der Waals surface area (Å²) in [5, 5.41) is 5.37. The average molecular weight is 889 g/mol. The van der Waals surface area contributed by atoms with E-state index >= 15 is 0 Å². The summed E-state index contributed by atoms with van der Waals surface area (Å²) in [4.78, 5) is 54.5. The second kappa shape index (κ2) is 17.3. The van der Waals surface area contributed by atoms with E-state index in [9.17, 15) is 31.2 Å². The highest BCUT2D eigenvalue weighted by Gasteiger charge is 2.35. The first-order chi connectivity index (χ1) is 30.1. The molecule has 0 spiro atoms. The van der Waals surface area contributed by atoms with Gasteiger partial charge in [-0.05, 0) is 67.4 Å². The standard InChI is InChI=1S/C44H40N8O9S2/c1-25-2-6-27(7-3-25)36-21-47-41(45)39(51-36)43(54)49-29-10-14-34(15-11-29)62(56,57)23-32-19-31(60-32)18-26-4-8-28(9-5-26)37-22-48-42(46)40(52-37)44(55)50-30-12-16-35(17-13-30)63(58,59)24-33-20-38(53)61-33/h2-17,21-22,31-33H,18-20,23-24H2,1H3,(H2,45,47)(H2,46,48)(H,49,54)(H,50,55). The lowest BCUT2D eigenvalue weighted by molar-refractivity contribution is -0.166.